The van der Waals surface area contributed by atoms with Crippen molar-refractivity contribution in [2.45, 2.75) is 45.6 Å². The van der Waals surface area contributed by atoms with Gasteiger partial charge in [-0.1, -0.05) is 80.6 Å². The lowest BCUT2D eigenvalue weighted by Gasteiger charge is -2.54. The number of fused-ring (bicyclic) bond motifs is 2. The number of urea groups is 1. The topological polar surface area (TPSA) is 94.7 Å². The molecule has 1 N–H and O–H groups in total. The number of nitrogens with zero attached hydrogens (tertiary/aromatic N) is 4. The van der Waals surface area contributed by atoms with Crippen LogP contribution in [0.2, 0.25) is 0 Å². The van der Waals surface area contributed by atoms with E-state index < -0.39 is 12.2 Å². The minimum absolute atomic E-state index is 0.00398. The SMILES string of the molecule is CC.CN1CC(=O)N2C(CN(Cc3ccc4c(c3)OCO4)C(=O)[C@@H]2Cc2ccccc2)N1C(=O)NCc1ccccc1. The van der Waals surface area contributed by atoms with Gasteiger partial charge in [-0.05, 0) is 28.8 Å². The lowest BCUT2D eigenvalue weighted by molar-refractivity contribution is -0.187. The molecule has 0 saturated carbocycles. The van der Waals surface area contributed by atoms with Gasteiger partial charge in [0.1, 0.15) is 12.2 Å². The summed E-state index contributed by atoms with van der Waals surface area (Å²) in [5.41, 5.74) is 2.78. The molecule has 2 fully saturated rings. The Morgan fingerprint density at radius 3 is 2.26 bits per heavy atom. The normalized spacial score (nSPS) is 19.6. The number of piperazine rings is 1. The summed E-state index contributed by atoms with van der Waals surface area (Å²) < 4.78 is 11.0. The Morgan fingerprint density at radius 2 is 1.55 bits per heavy atom. The molecule has 42 heavy (non-hydrogen) atoms. The van der Waals surface area contributed by atoms with Gasteiger partial charge >= 0.3 is 6.03 Å². The lowest BCUT2D eigenvalue weighted by atomic mass is 9.98. The molecule has 0 aliphatic carbocycles. The van der Waals surface area contributed by atoms with E-state index >= 15 is 0 Å². The Morgan fingerprint density at radius 1 is 0.881 bits per heavy atom. The molecule has 3 heterocycles. The zero-order valence-electron chi connectivity index (χ0n) is 24.2. The molecule has 3 aromatic rings. The van der Waals surface area contributed by atoms with Crippen molar-refractivity contribution in [2.75, 3.05) is 26.9 Å². The molecule has 3 aliphatic rings. The van der Waals surface area contributed by atoms with Gasteiger partial charge in [0.15, 0.2) is 11.5 Å². The fraction of sp³-hybridized carbons (Fsp3) is 0.344. The van der Waals surface area contributed by atoms with Crippen LogP contribution in [0.3, 0.4) is 0 Å². The molecule has 6 rings (SSSR count). The number of benzene rings is 3. The highest BCUT2D eigenvalue weighted by Gasteiger charge is 2.50. The van der Waals surface area contributed by atoms with Gasteiger partial charge < -0.3 is 24.6 Å². The van der Waals surface area contributed by atoms with Crippen LogP contribution < -0.4 is 14.8 Å². The van der Waals surface area contributed by atoms with E-state index in [1.807, 2.05) is 92.7 Å². The van der Waals surface area contributed by atoms with Crippen molar-refractivity contribution >= 4 is 17.8 Å². The fourth-order valence-electron chi connectivity index (χ4n) is 5.60. The molecule has 0 spiro atoms. The van der Waals surface area contributed by atoms with Crippen LogP contribution in [-0.4, -0.2) is 76.8 Å². The second kappa shape index (κ2) is 12.9. The Hall–Kier alpha value is -4.57. The Labute approximate surface area is 246 Å². The maximum Gasteiger partial charge on any atom is 0.334 e. The zero-order chi connectivity index (χ0) is 29.6. The van der Waals surface area contributed by atoms with Crippen LogP contribution in [0.5, 0.6) is 11.5 Å². The largest absolute Gasteiger partial charge is 0.454 e. The van der Waals surface area contributed by atoms with Crippen molar-refractivity contribution in [3.05, 3.63) is 95.6 Å². The maximum atomic E-state index is 14.0. The van der Waals surface area contributed by atoms with Gasteiger partial charge in [0.25, 0.3) is 0 Å². The van der Waals surface area contributed by atoms with Gasteiger partial charge in [0.2, 0.25) is 18.6 Å². The van der Waals surface area contributed by atoms with Crippen molar-refractivity contribution in [1.82, 2.24) is 25.1 Å². The van der Waals surface area contributed by atoms with Crippen LogP contribution in [-0.2, 0) is 29.1 Å². The first-order chi connectivity index (χ1) is 20.5. The first kappa shape index (κ1) is 28.9. The second-order valence-corrected chi connectivity index (χ2v) is 10.2. The van der Waals surface area contributed by atoms with E-state index in [9.17, 15) is 14.4 Å². The molecule has 1 unspecified atom stereocenters. The third kappa shape index (κ3) is 6.03. The van der Waals surface area contributed by atoms with Crippen LogP contribution in [0.15, 0.2) is 78.9 Å². The highest BCUT2D eigenvalue weighted by Crippen LogP contribution is 2.34. The number of ether oxygens (including phenoxy) is 2. The molecule has 0 radical (unpaired) electrons. The summed E-state index contributed by atoms with van der Waals surface area (Å²) in [6.07, 6.45) is -0.314. The molecular formula is C32H37N5O5. The first-order valence-electron chi connectivity index (χ1n) is 14.3. The highest BCUT2D eigenvalue weighted by atomic mass is 16.7. The lowest BCUT2D eigenvalue weighted by Crippen LogP contribution is -2.76. The number of rotatable bonds is 6. The smallest absolute Gasteiger partial charge is 0.334 e. The average molecular weight is 572 g/mol. The molecule has 3 aromatic carbocycles. The summed E-state index contributed by atoms with van der Waals surface area (Å²) in [7, 11) is 1.72. The van der Waals surface area contributed by atoms with Gasteiger partial charge in [-0.3, -0.25) is 9.59 Å². The van der Waals surface area contributed by atoms with Crippen molar-refractivity contribution < 1.29 is 23.9 Å². The standard InChI is InChI=1S/C30H31N5O5.C2H6/c1-32-19-28(36)34-24(14-21-8-4-2-5-9-21)29(37)33(17-23-12-13-25-26(15-23)40-20-39-25)18-27(34)35(32)30(38)31-16-22-10-6-3-7-11-22;1-2/h2-13,15,24,27H,14,16-20H2,1H3,(H,31,38);1-2H3/t24-,27?;/m0./s1. The highest BCUT2D eigenvalue weighted by molar-refractivity contribution is 5.91. The van der Waals surface area contributed by atoms with Gasteiger partial charge in [-0.25, -0.2) is 14.8 Å². The predicted octanol–water partition coefficient (Wildman–Crippen LogP) is 3.62. The van der Waals surface area contributed by atoms with Crippen LogP contribution in [0.25, 0.3) is 0 Å². The first-order valence-corrected chi connectivity index (χ1v) is 14.3. The van der Waals surface area contributed by atoms with E-state index in [0.717, 1.165) is 16.7 Å². The van der Waals surface area contributed by atoms with Crippen LogP contribution >= 0.6 is 0 Å². The number of hydrazine groups is 1. The summed E-state index contributed by atoms with van der Waals surface area (Å²) in [6.45, 7) is 4.99. The molecular weight excluding hydrogens is 534 g/mol. The summed E-state index contributed by atoms with van der Waals surface area (Å²) in [6, 6.07) is 23.8. The number of hydrogen-bond acceptors (Lipinski definition) is 6. The fourth-order valence-corrected chi connectivity index (χ4v) is 5.60. The minimum Gasteiger partial charge on any atom is -0.454 e. The molecule has 4 amide bonds. The van der Waals surface area contributed by atoms with Crippen LogP contribution in [0.4, 0.5) is 4.79 Å². The molecule has 10 heteroatoms. The van der Waals surface area contributed by atoms with Crippen molar-refractivity contribution in [1.29, 1.82) is 0 Å². The summed E-state index contributed by atoms with van der Waals surface area (Å²) in [5.74, 6) is 0.971. The monoisotopic (exact) mass is 571 g/mol. The Kier molecular flexibility index (Phi) is 8.92. The zero-order valence-corrected chi connectivity index (χ0v) is 24.2. The number of carbonyl (C=O) groups is 3. The second-order valence-electron chi connectivity index (χ2n) is 10.2. The number of carbonyl (C=O) groups excluding carboxylic acids is 3. The van der Waals surface area contributed by atoms with E-state index in [4.69, 9.17) is 9.47 Å². The number of hydrogen-bond donors (Lipinski definition) is 1. The molecule has 0 bridgehead atoms. The van der Waals surface area contributed by atoms with Gasteiger partial charge in [0, 0.05) is 26.6 Å². The van der Waals surface area contributed by atoms with E-state index in [-0.39, 0.29) is 37.7 Å². The summed E-state index contributed by atoms with van der Waals surface area (Å²) >= 11 is 0. The van der Waals surface area contributed by atoms with Gasteiger partial charge in [0.05, 0.1) is 13.1 Å². The molecule has 2 saturated heterocycles. The number of nitrogens with one attached hydrogen (secondary N) is 1. The summed E-state index contributed by atoms with van der Waals surface area (Å²) in [4.78, 5) is 44.4. The van der Waals surface area contributed by atoms with Gasteiger partial charge in [-0.2, -0.15) is 0 Å². The van der Waals surface area contributed by atoms with Crippen molar-refractivity contribution in [3.63, 3.8) is 0 Å². The molecule has 2 atom stereocenters. The average Bonchev–Trinajstić information content (AvgIpc) is 3.48. The maximum absolute atomic E-state index is 14.0. The molecule has 10 nitrogen and oxygen atoms in total. The Bertz CT molecular complexity index is 1400. The Balaban J connectivity index is 0.00000173. The number of amides is 4. The molecule has 220 valence electrons. The van der Waals surface area contributed by atoms with Crippen LogP contribution in [0, 0.1) is 0 Å². The quantitative estimate of drug-likeness (QED) is 0.486. The molecule has 0 aromatic heterocycles. The van der Waals surface area contributed by atoms with E-state index in [1.165, 1.54) is 0 Å². The van der Waals surface area contributed by atoms with Gasteiger partial charge in [-0.15, -0.1) is 0 Å². The third-order valence-electron chi connectivity index (χ3n) is 7.52. The minimum atomic E-state index is -0.749. The van der Waals surface area contributed by atoms with E-state index in [1.54, 1.807) is 26.9 Å². The predicted molar refractivity (Wildman–Crippen MR) is 157 cm³/mol. The van der Waals surface area contributed by atoms with E-state index in [2.05, 4.69) is 5.32 Å². The van der Waals surface area contributed by atoms with Crippen LogP contribution in [0.1, 0.15) is 30.5 Å². The number of likely N-dealkylation sites (N-methyl/N-ethyl adjacent to an activating group) is 1. The van der Waals surface area contributed by atoms with Crippen molar-refractivity contribution in [3.8, 4) is 11.5 Å². The van der Waals surface area contributed by atoms with Crippen molar-refractivity contribution in [2.24, 2.45) is 0 Å². The third-order valence-corrected chi connectivity index (χ3v) is 7.52. The molecule has 3 aliphatic heterocycles. The summed E-state index contributed by atoms with van der Waals surface area (Å²) in [5, 5.41) is 6.20. The van der Waals surface area contributed by atoms with E-state index in [0.29, 0.717) is 31.0 Å².